The molecule has 4 aromatic rings. The highest BCUT2D eigenvalue weighted by molar-refractivity contribution is 6.26. The van der Waals surface area contributed by atoms with Crippen LogP contribution in [-0.4, -0.2) is 45.7 Å². The Morgan fingerprint density at radius 3 is 1.06 bits per heavy atom. The Morgan fingerprint density at radius 2 is 0.720 bits per heavy atom. The minimum atomic E-state index is -4.96. The first-order valence-electron chi connectivity index (χ1n) is 15.6. The zero-order chi connectivity index (χ0) is 35.3. The lowest BCUT2D eigenvalue weighted by Gasteiger charge is -2.36. The van der Waals surface area contributed by atoms with Gasteiger partial charge in [0.2, 0.25) is 11.8 Å². The molecule has 4 aromatic carbocycles. The van der Waals surface area contributed by atoms with Crippen LogP contribution >= 0.6 is 0 Å². The summed E-state index contributed by atoms with van der Waals surface area (Å²) in [5, 5.41) is 2.23. The van der Waals surface area contributed by atoms with Gasteiger partial charge in [0.15, 0.2) is 0 Å². The van der Waals surface area contributed by atoms with Crippen LogP contribution in [0.5, 0.6) is 0 Å². The number of carbonyl (C=O) groups is 4. The van der Waals surface area contributed by atoms with Gasteiger partial charge in [0.1, 0.15) is 12.1 Å². The van der Waals surface area contributed by atoms with Gasteiger partial charge in [-0.3, -0.25) is 19.2 Å². The summed E-state index contributed by atoms with van der Waals surface area (Å²) in [6, 6.07) is 17.3. The first-order valence-corrected chi connectivity index (χ1v) is 15.6. The van der Waals surface area contributed by atoms with Crippen molar-refractivity contribution in [3.8, 4) is 0 Å². The van der Waals surface area contributed by atoms with Crippen LogP contribution in [0, 0.1) is 11.8 Å². The van der Waals surface area contributed by atoms with E-state index < -0.39 is 94.2 Å². The van der Waals surface area contributed by atoms with Crippen LogP contribution in [0.1, 0.15) is 34.3 Å². The molecule has 8 nitrogen and oxygen atoms in total. The number of imide groups is 2. The number of amides is 4. The molecule has 4 heterocycles. The molecule has 4 aliphatic heterocycles. The summed E-state index contributed by atoms with van der Waals surface area (Å²) in [7, 11) is 0. The summed E-state index contributed by atoms with van der Waals surface area (Å²) >= 11 is 0. The van der Waals surface area contributed by atoms with Crippen LogP contribution in [0.15, 0.2) is 109 Å². The molecular weight excluding hydrogens is 666 g/mol. The van der Waals surface area contributed by atoms with Crippen LogP contribution in [0.25, 0.3) is 0 Å². The predicted octanol–water partition coefficient (Wildman–Crippen LogP) is 6.17. The number of alkyl halides is 6. The number of carbonyl (C=O) groups excluding carboxylic acids is 4. The van der Waals surface area contributed by atoms with E-state index in [0.717, 1.165) is 56.2 Å². The number of anilines is 2. The monoisotopic (exact) mass is 690 g/mol. The molecule has 14 heteroatoms. The lowest BCUT2D eigenvalue weighted by molar-refractivity contribution is -0.143. The summed E-state index contributed by atoms with van der Waals surface area (Å²) in [5.41, 5.74) is -3.01. The Labute approximate surface area is 280 Å². The van der Waals surface area contributed by atoms with E-state index in [4.69, 9.17) is 0 Å². The molecule has 8 rings (SSSR count). The minimum absolute atomic E-state index is 0.111. The maximum absolute atomic E-state index is 14.7. The molecule has 6 atom stereocenters. The van der Waals surface area contributed by atoms with Gasteiger partial charge in [0, 0.05) is 0 Å². The second-order valence-electron chi connectivity index (χ2n) is 12.5. The molecule has 4 amide bonds. The Balaban J connectivity index is 1.41. The maximum atomic E-state index is 14.7. The maximum Gasteiger partial charge on any atom is 0.416 e. The van der Waals surface area contributed by atoms with Crippen molar-refractivity contribution in [2.45, 2.75) is 36.5 Å². The Hall–Kier alpha value is -5.34. The standard InChI is InChI=1S/C36H24F6N4O4/c37-35(38,39)23-17-9-7-15-21(23)27-25-29(33(49)43(31(25)47)19-11-3-1-4-12-19)45-28(22-16-8-10-18-24(22)36(40,41)42)26-30(46(27)45)34(50)44(32(26)48)20-13-5-2-6-14-20/h1-18,25-30H/t25-,26-,27-,28+,29+,30+/m0/s1. The van der Waals surface area contributed by atoms with Crippen molar-refractivity contribution in [2.24, 2.45) is 11.8 Å². The van der Waals surface area contributed by atoms with Crippen molar-refractivity contribution in [1.29, 1.82) is 0 Å². The zero-order valence-electron chi connectivity index (χ0n) is 25.5. The third-order valence-electron chi connectivity index (χ3n) is 9.92. The van der Waals surface area contributed by atoms with Gasteiger partial charge in [-0.25, -0.2) is 19.8 Å². The number of rotatable bonds is 4. The van der Waals surface area contributed by atoms with Gasteiger partial charge in [0.05, 0.1) is 46.4 Å². The average molecular weight is 691 g/mol. The van der Waals surface area contributed by atoms with E-state index in [1.165, 1.54) is 36.4 Å². The molecular formula is C36H24F6N4O4. The summed E-state index contributed by atoms with van der Waals surface area (Å²) in [4.78, 5) is 59.3. The smallest absolute Gasteiger partial charge is 0.274 e. The average Bonchev–Trinajstić information content (AvgIpc) is 3.76. The quantitative estimate of drug-likeness (QED) is 0.188. The van der Waals surface area contributed by atoms with Crippen LogP contribution in [0.4, 0.5) is 37.7 Å². The van der Waals surface area contributed by atoms with Gasteiger partial charge in [-0.2, -0.15) is 26.3 Å². The number of nitrogens with zero attached hydrogens (tertiary/aromatic N) is 4. The van der Waals surface area contributed by atoms with Crippen LogP contribution in [-0.2, 0) is 31.5 Å². The second kappa shape index (κ2) is 11.1. The number of para-hydroxylation sites is 2. The molecule has 4 saturated heterocycles. The third-order valence-corrected chi connectivity index (χ3v) is 9.92. The second-order valence-corrected chi connectivity index (χ2v) is 12.5. The zero-order valence-corrected chi connectivity index (χ0v) is 25.5. The lowest BCUT2D eigenvalue weighted by atomic mass is 9.82. The summed E-state index contributed by atoms with van der Waals surface area (Å²) in [5.74, 6) is -6.78. The number of fused-ring (bicyclic) bond motifs is 5. The number of halogens is 6. The molecule has 50 heavy (non-hydrogen) atoms. The fourth-order valence-electron chi connectivity index (χ4n) is 8.14. The molecule has 4 fully saturated rings. The lowest BCUT2D eigenvalue weighted by Crippen LogP contribution is -2.50. The topological polar surface area (TPSA) is 81.2 Å². The van der Waals surface area contributed by atoms with Crippen LogP contribution < -0.4 is 9.80 Å². The molecule has 0 unspecified atom stereocenters. The summed E-state index contributed by atoms with van der Waals surface area (Å²) in [6.45, 7) is 0. The van der Waals surface area contributed by atoms with Gasteiger partial charge >= 0.3 is 12.4 Å². The molecule has 0 radical (unpaired) electrons. The molecule has 4 aliphatic rings. The Morgan fingerprint density at radius 1 is 0.400 bits per heavy atom. The van der Waals surface area contributed by atoms with Crippen molar-refractivity contribution in [1.82, 2.24) is 10.0 Å². The largest absolute Gasteiger partial charge is 0.416 e. The summed E-state index contributed by atoms with van der Waals surface area (Å²) in [6.07, 6.45) is -9.92. The van der Waals surface area contributed by atoms with E-state index in [1.54, 1.807) is 36.4 Å². The number of hydrazine groups is 1. The Kier molecular flexibility index (Phi) is 7.07. The van der Waals surface area contributed by atoms with E-state index in [9.17, 15) is 45.5 Å². The van der Waals surface area contributed by atoms with Crippen molar-refractivity contribution in [3.05, 3.63) is 131 Å². The fraction of sp³-hybridized carbons (Fsp3) is 0.222. The van der Waals surface area contributed by atoms with Gasteiger partial charge in [-0.15, -0.1) is 0 Å². The third kappa shape index (κ3) is 4.47. The molecule has 0 aliphatic carbocycles. The first kappa shape index (κ1) is 31.9. The van der Waals surface area contributed by atoms with E-state index in [0.29, 0.717) is 0 Å². The number of hydrogen-bond donors (Lipinski definition) is 0. The van der Waals surface area contributed by atoms with Gasteiger partial charge < -0.3 is 0 Å². The normalized spacial score (nSPS) is 26.9. The SMILES string of the molecule is O=C1[C@@H]2[C@H](C(=O)N1c1ccccc1)N1[C@H](c3ccccc3C(F)(F)F)[C@@H]3C(=O)N(c4ccccc4)C(=O)[C@@H]3N1[C@H]2c1ccccc1C(F)(F)F. The van der Waals surface area contributed by atoms with Crippen LogP contribution in [0.2, 0.25) is 0 Å². The van der Waals surface area contributed by atoms with Crippen molar-refractivity contribution >= 4 is 35.0 Å². The van der Waals surface area contributed by atoms with Gasteiger partial charge in [-0.05, 0) is 47.5 Å². The minimum Gasteiger partial charge on any atom is -0.274 e. The van der Waals surface area contributed by atoms with Crippen molar-refractivity contribution in [2.75, 3.05) is 9.80 Å². The van der Waals surface area contributed by atoms with E-state index in [2.05, 4.69) is 0 Å². The van der Waals surface area contributed by atoms with E-state index in [-0.39, 0.29) is 11.4 Å². The molecule has 0 spiro atoms. The highest BCUT2D eigenvalue weighted by Crippen LogP contribution is 2.61. The Bertz CT molecular complexity index is 1910. The van der Waals surface area contributed by atoms with E-state index >= 15 is 0 Å². The number of hydrogen-bond acceptors (Lipinski definition) is 6. The summed E-state index contributed by atoms with van der Waals surface area (Å²) < 4.78 is 88.0. The van der Waals surface area contributed by atoms with Crippen molar-refractivity contribution < 1.29 is 45.5 Å². The molecule has 0 saturated carbocycles. The van der Waals surface area contributed by atoms with Crippen LogP contribution in [0.3, 0.4) is 0 Å². The molecule has 0 bridgehead atoms. The van der Waals surface area contributed by atoms with E-state index in [1.807, 2.05) is 0 Å². The molecule has 254 valence electrons. The molecule has 0 N–H and O–H groups in total. The van der Waals surface area contributed by atoms with Gasteiger partial charge in [-0.1, -0.05) is 72.8 Å². The highest BCUT2D eigenvalue weighted by atomic mass is 19.4. The number of benzene rings is 4. The highest BCUT2D eigenvalue weighted by Gasteiger charge is 2.74. The fourth-order valence-corrected chi connectivity index (χ4v) is 8.14. The first-order chi connectivity index (χ1) is 23.8. The van der Waals surface area contributed by atoms with Gasteiger partial charge in [0.25, 0.3) is 11.8 Å². The van der Waals surface area contributed by atoms with Crippen molar-refractivity contribution in [3.63, 3.8) is 0 Å². The molecule has 0 aromatic heterocycles. The predicted molar refractivity (Wildman–Crippen MR) is 164 cm³/mol.